The lowest BCUT2D eigenvalue weighted by Gasteiger charge is -2.17. The monoisotopic (exact) mass is 462 g/mol. The molecule has 0 saturated heterocycles. The molecule has 34 heavy (non-hydrogen) atoms. The second kappa shape index (κ2) is 11.7. The van der Waals surface area contributed by atoms with Crippen molar-refractivity contribution >= 4 is 30.2 Å². The molecule has 2 aromatic rings. The lowest BCUT2D eigenvalue weighted by Crippen LogP contribution is -2.30. The number of nitrogens with one attached hydrogen (secondary N) is 4. The molecule has 1 heterocycles. The Balaban J connectivity index is 1.68. The van der Waals surface area contributed by atoms with Crippen LogP contribution in [0.15, 0.2) is 53.9 Å². The molecule has 1 aliphatic heterocycles. The lowest BCUT2D eigenvalue weighted by molar-refractivity contribution is -0.105. The number of carbonyl (C=O) groups is 3. The number of aryl methyl sites for hydroxylation is 2. The van der Waals surface area contributed by atoms with Gasteiger partial charge in [-0.25, -0.2) is 0 Å². The van der Waals surface area contributed by atoms with Crippen molar-refractivity contribution in [3.63, 3.8) is 0 Å². The minimum absolute atomic E-state index is 0.289. The van der Waals surface area contributed by atoms with Crippen LogP contribution < -0.4 is 26.0 Å². The molecule has 0 amide bonds. The van der Waals surface area contributed by atoms with Crippen LogP contribution in [0.2, 0.25) is 0 Å². The fraction of sp³-hybridized carbons (Fsp3) is 0.269. The molecule has 8 heteroatoms. The first-order valence-corrected chi connectivity index (χ1v) is 11.1. The fourth-order valence-electron chi connectivity index (χ4n) is 3.73. The number of carbonyl (C=O) groups excluding carboxylic acids is 3. The van der Waals surface area contributed by atoms with E-state index in [1.54, 1.807) is 31.5 Å². The zero-order chi connectivity index (χ0) is 24.5. The Morgan fingerprint density at radius 2 is 1.71 bits per heavy atom. The van der Waals surface area contributed by atoms with Crippen LogP contribution in [0.25, 0.3) is 0 Å². The molecular weight excluding hydrogens is 432 g/mol. The zero-order valence-electron chi connectivity index (χ0n) is 19.6. The van der Waals surface area contributed by atoms with Crippen LogP contribution >= 0.6 is 0 Å². The van der Waals surface area contributed by atoms with E-state index in [0.29, 0.717) is 48.4 Å². The van der Waals surface area contributed by atoms with Crippen molar-refractivity contribution in [1.82, 2.24) is 10.6 Å². The molecule has 0 atom stereocenters. The van der Waals surface area contributed by atoms with E-state index in [2.05, 4.69) is 27.3 Å². The Labute approximate surface area is 199 Å². The molecule has 178 valence electrons. The van der Waals surface area contributed by atoms with Gasteiger partial charge in [-0.2, -0.15) is 0 Å². The molecule has 2 aromatic carbocycles. The number of ether oxygens (including phenoxy) is 1. The number of aldehydes is 3. The van der Waals surface area contributed by atoms with Gasteiger partial charge in [-0.05, 0) is 56.3 Å². The number of anilines is 2. The van der Waals surface area contributed by atoms with Crippen molar-refractivity contribution in [3.8, 4) is 5.75 Å². The van der Waals surface area contributed by atoms with Crippen LogP contribution in [0.3, 0.4) is 0 Å². The van der Waals surface area contributed by atoms with E-state index in [0.717, 1.165) is 24.0 Å². The maximum Gasteiger partial charge on any atom is 0.152 e. The van der Waals surface area contributed by atoms with E-state index >= 15 is 0 Å². The Morgan fingerprint density at radius 3 is 2.26 bits per heavy atom. The Kier molecular flexibility index (Phi) is 8.45. The lowest BCUT2D eigenvalue weighted by atomic mass is 10.1. The minimum Gasteiger partial charge on any atom is -0.493 e. The maximum atomic E-state index is 12.1. The number of fused-ring (bicyclic) bond motifs is 1. The van der Waals surface area contributed by atoms with Gasteiger partial charge in [0.05, 0.1) is 23.6 Å². The Morgan fingerprint density at radius 1 is 1.03 bits per heavy atom. The Hall–Kier alpha value is -4.07. The van der Waals surface area contributed by atoms with Gasteiger partial charge in [-0.3, -0.25) is 14.4 Å². The van der Waals surface area contributed by atoms with Gasteiger partial charge in [0.2, 0.25) is 0 Å². The molecule has 0 spiro atoms. The first-order valence-electron chi connectivity index (χ1n) is 11.1. The van der Waals surface area contributed by atoms with Crippen LogP contribution in [0.4, 0.5) is 11.4 Å². The number of benzene rings is 2. The van der Waals surface area contributed by atoms with Gasteiger partial charge in [0, 0.05) is 30.4 Å². The summed E-state index contributed by atoms with van der Waals surface area (Å²) < 4.78 is 5.89. The van der Waals surface area contributed by atoms with E-state index in [-0.39, 0.29) is 11.1 Å². The van der Waals surface area contributed by atoms with Gasteiger partial charge in [-0.15, -0.1) is 0 Å². The van der Waals surface area contributed by atoms with Gasteiger partial charge in [0.15, 0.2) is 18.9 Å². The summed E-state index contributed by atoms with van der Waals surface area (Å²) in [6, 6.07) is 9.29. The zero-order valence-corrected chi connectivity index (χ0v) is 19.6. The molecule has 3 rings (SSSR count). The Bertz CT molecular complexity index is 1090. The highest BCUT2D eigenvalue weighted by molar-refractivity contribution is 5.96. The molecule has 0 bridgehead atoms. The first-order chi connectivity index (χ1) is 16.5. The molecule has 0 aromatic heterocycles. The van der Waals surface area contributed by atoms with Crippen LogP contribution in [-0.2, 0) is 4.79 Å². The van der Waals surface area contributed by atoms with Crippen LogP contribution in [0, 0.1) is 13.8 Å². The van der Waals surface area contributed by atoms with E-state index in [1.165, 1.54) is 5.56 Å². The SMILES string of the molecule is CN/C=C\C(NCCCOc1ccc(C)cc1C)=C(/C=O)C1Nc2cc(C=O)c(C=O)cc2N1. The third-order valence-electron chi connectivity index (χ3n) is 5.47. The number of hydrogen-bond donors (Lipinski definition) is 4. The van der Waals surface area contributed by atoms with Crippen molar-refractivity contribution in [1.29, 1.82) is 0 Å². The van der Waals surface area contributed by atoms with Gasteiger partial charge in [0.25, 0.3) is 0 Å². The van der Waals surface area contributed by atoms with Crippen molar-refractivity contribution in [2.24, 2.45) is 0 Å². The molecule has 0 saturated carbocycles. The highest BCUT2D eigenvalue weighted by atomic mass is 16.5. The molecule has 0 fully saturated rings. The van der Waals surface area contributed by atoms with Crippen molar-refractivity contribution < 1.29 is 19.1 Å². The molecule has 4 N–H and O–H groups in total. The smallest absolute Gasteiger partial charge is 0.152 e. The van der Waals surface area contributed by atoms with Crippen molar-refractivity contribution in [3.05, 3.63) is 76.1 Å². The van der Waals surface area contributed by atoms with Crippen molar-refractivity contribution in [2.45, 2.75) is 26.4 Å². The van der Waals surface area contributed by atoms with E-state index in [1.807, 2.05) is 26.0 Å². The summed E-state index contributed by atoms with van der Waals surface area (Å²) in [5.41, 5.74) is 5.27. The van der Waals surface area contributed by atoms with E-state index in [4.69, 9.17) is 4.74 Å². The molecular formula is C26H30N4O4. The normalized spacial score (nSPS) is 13.4. The molecule has 0 unspecified atom stereocenters. The average molecular weight is 463 g/mol. The number of hydrogen-bond acceptors (Lipinski definition) is 8. The first kappa shape index (κ1) is 24.6. The van der Waals surface area contributed by atoms with Gasteiger partial charge in [-0.1, -0.05) is 17.7 Å². The predicted molar refractivity (Wildman–Crippen MR) is 134 cm³/mol. The minimum atomic E-state index is -0.524. The summed E-state index contributed by atoms with van der Waals surface area (Å²) in [6.45, 7) is 5.20. The molecule has 0 aliphatic carbocycles. The highest BCUT2D eigenvalue weighted by Gasteiger charge is 2.26. The second-order valence-corrected chi connectivity index (χ2v) is 7.99. The standard InChI is InChI=1S/C26H30N4O4/c1-17-5-6-25(18(2)11-17)34-10-4-8-28-22(7-9-27-3)21(16-33)26-29-23-12-19(14-31)20(15-32)13-24(23)30-26/h5-7,9,11-16,26-30H,4,8,10H2,1-3H3/b9-7-,22-21-. The third kappa shape index (κ3) is 5.83. The van der Waals surface area contributed by atoms with Crippen LogP contribution in [-0.4, -0.2) is 45.2 Å². The largest absolute Gasteiger partial charge is 0.493 e. The van der Waals surface area contributed by atoms with Gasteiger partial charge in [0.1, 0.15) is 11.9 Å². The van der Waals surface area contributed by atoms with Gasteiger partial charge >= 0.3 is 0 Å². The summed E-state index contributed by atoms with van der Waals surface area (Å²) >= 11 is 0. The summed E-state index contributed by atoms with van der Waals surface area (Å²) in [5, 5.41) is 12.7. The van der Waals surface area contributed by atoms with Gasteiger partial charge < -0.3 is 26.0 Å². The van der Waals surface area contributed by atoms with Crippen molar-refractivity contribution in [2.75, 3.05) is 30.8 Å². The fourth-order valence-corrected chi connectivity index (χ4v) is 3.73. The molecule has 1 aliphatic rings. The summed E-state index contributed by atoms with van der Waals surface area (Å²) in [4.78, 5) is 34.6. The summed E-state index contributed by atoms with van der Waals surface area (Å²) in [5.74, 6) is 0.867. The van der Waals surface area contributed by atoms with Crippen LogP contribution in [0.5, 0.6) is 5.75 Å². The third-order valence-corrected chi connectivity index (χ3v) is 5.47. The quantitative estimate of drug-likeness (QED) is 0.165. The average Bonchev–Trinajstić information content (AvgIpc) is 3.24. The number of rotatable bonds is 12. The topological polar surface area (TPSA) is 109 Å². The summed E-state index contributed by atoms with van der Waals surface area (Å²) in [6.07, 6.45) is 5.78. The molecule has 8 nitrogen and oxygen atoms in total. The van der Waals surface area contributed by atoms with E-state index < -0.39 is 6.17 Å². The van der Waals surface area contributed by atoms with Crippen LogP contribution in [0.1, 0.15) is 38.3 Å². The molecule has 0 radical (unpaired) electrons. The number of allylic oxidation sites excluding steroid dienone is 1. The second-order valence-electron chi connectivity index (χ2n) is 7.99. The summed E-state index contributed by atoms with van der Waals surface area (Å²) in [7, 11) is 1.77. The highest BCUT2D eigenvalue weighted by Crippen LogP contribution is 2.33. The van der Waals surface area contributed by atoms with E-state index in [9.17, 15) is 14.4 Å². The maximum absolute atomic E-state index is 12.1. The predicted octanol–water partition coefficient (Wildman–Crippen LogP) is 3.34.